The molecule has 0 saturated heterocycles. The fourth-order valence-corrected chi connectivity index (χ4v) is 2.09. The molecule has 0 spiro atoms. The second-order valence-corrected chi connectivity index (χ2v) is 4.90. The van der Waals surface area contributed by atoms with E-state index in [1.54, 1.807) is 13.2 Å². The van der Waals surface area contributed by atoms with Gasteiger partial charge in [0.25, 0.3) is 0 Å². The number of hydrogen-bond acceptors (Lipinski definition) is 2. The predicted octanol–water partition coefficient (Wildman–Crippen LogP) is 2.56. The van der Waals surface area contributed by atoms with Crippen molar-refractivity contribution in [3.8, 4) is 0 Å². The maximum atomic E-state index is 4.24. The molecule has 2 N–H and O–H groups in total. The van der Waals surface area contributed by atoms with Gasteiger partial charge in [0.05, 0.1) is 0 Å². The summed E-state index contributed by atoms with van der Waals surface area (Å²) in [6.07, 6.45) is 4.79. The Labute approximate surface area is 149 Å². The molecule has 1 aromatic carbocycles. The summed E-state index contributed by atoms with van der Waals surface area (Å²) < 4.78 is 1.94. The van der Waals surface area contributed by atoms with Gasteiger partial charge in [-0.15, -0.1) is 24.0 Å². The summed E-state index contributed by atoms with van der Waals surface area (Å²) in [5.74, 6) is 0.832. The molecule has 5 nitrogen and oxygen atoms in total. The Bertz CT molecular complexity index is 566. The molecule has 2 aromatic rings. The van der Waals surface area contributed by atoms with Crippen molar-refractivity contribution in [2.75, 3.05) is 13.6 Å². The van der Waals surface area contributed by atoms with Crippen LogP contribution in [0.4, 0.5) is 0 Å². The number of aryl methyl sites for hydroxylation is 2. The van der Waals surface area contributed by atoms with Crippen molar-refractivity contribution in [2.45, 2.75) is 26.4 Å². The Hall–Kier alpha value is -1.57. The molecule has 0 aliphatic heterocycles. The minimum absolute atomic E-state index is 0. The molecule has 6 heteroatoms. The third-order valence-corrected chi connectivity index (χ3v) is 3.35. The van der Waals surface area contributed by atoms with E-state index in [1.807, 2.05) is 16.9 Å². The lowest BCUT2D eigenvalue weighted by Gasteiger charge is -2.13. The number of aliphatic imine (C=N–C) groups is 1. The van der Waals surface area contributed by atoms with Crippen LogP contribution in [0.1, 0.15) is 17.5 Å². The number of aromatic nitrogens is 2. The van der Waals surface area contributed by atoms with Crippen LogP contribution in [0.2, 0.25) is 0 Å². The molecule has 0 amide bonds. The van der Waals surface area contributed by atoms with E-state index in [4.69, 9.17) is 0 Å². The fraction of sp³-hybridized carbons (Fsp3) is 0.375. The minimum Gasteiger partial charge on any atom is -0.356 e. The van der Waals surface area contributed by atoms with Crippen LogP contribution in [0.5, 0.6) is 0 Å². The van der Waals surface area contributed by atoms with Crippen LogP contribution in [0.3, 0.4) is 0 Å². The number of halogens is 1. The lowest BCUT2D eigenvalue weighted by molar-refractivity contribution is 0.570. The molecule has 0 fully saturated rings. The van der Waals surface area contributed by atoms with Crippen LogP contribution < -0.4 is 10.6 Å². The second kappa shape index (κ2) is 10.2. The van der Waals surface area contributed by atoms with Gasteiger partial charge in [0.2, 0.25) is 0 Å². The van der Waals surface area contributed by atoms with Crippen molar-refractivity contribution in [1.29, 1.82) is 0 Å². The first-order valence-corrected chi connectivity index (χ1v) is 7.26. The Morgan fingerprint density at radius 3 is 2.73 bits per heavy atom. The Balaban J connectivity index is 0.00000242. The van der Waals surface area contributed by atoms with Crippen LogP contribution in [0, 0.1) is 6.92 Å². The topological polar surface area (TPSA) is 54.2 Å². The van der Waals surface area contributed by atoms with Gasteiger partial charge in [0, 0.05) is 39.1 Å². The van der Waals surface area contributed by atoms with E-state index in [-0.39, 0.29) is 24.0 Å². The van der Waals surface area contributed by atoms with E-state index < -0.39 is 0 Å². The third kappa shape index (κ3) is 6.05. The number of nitrogens with one attached hydrogen (secondary N) is 2. The first-order chi connectivity index (χ1) is 10.3. The molecule has 22 heavy (non-hydrogen) atoms. The number of hydrogen-bond donors (Lipinski definition) is 2. The largest absolute Gasteiger partial charge is 0.356 e. The standard InChI is InChI=1S/C16H23N5.HI/c1-14-7-3-4-8-15(14)13-19-16(17-2)18-9-5-11-21-12-6-10-20-21;/h3-4,6-8,10,12H,5,9,11,13H2,1-2H3,(H2,17,18,19);1H. The monoisotopic (exact) mass is 413 g/mol. The Morgan fingerprint density at radius 1 is 1.23 bits per heavy atom. The number of nitrogens with zero attached hydrogens (tertiary/aromatic N) is 3. The van der Waals surface area contributed by atoms with Crippen molar-refractivity contribution in [2.24, 2.45) is 4.99 Å². The molecule has 1 aromatic heterocycles. The maximum Gasteiger partial charge on any atom is 0.191 e. The third-order valence-electron chi connectivity index (χ3n) is 3.35. The average molecular weight is 413 g/mol. The molecule has 1 heterocycles. The van der Waals surface area contributed by atoms with E-state index in [0.29, 0.717) is 0 Å². The summed E-state index contributed by atoms with van der Waals surface area (Å²) >= 11 is 0. The van der Waals surface area contributed by atoms with Crippen molar-refractivity contribution in [1.82, 2.24) is 20.4 Å². The van der Waals surface area contributed by atoms with E-state index >= 15 is 0 Å². The van der Waals surface area contributed by atoms with Gasteiger partial charge in [0.15, 0.2) is 5.96 Å². The highest BCUT2D eigenvalue weighted by Gasteiger charge is 2.00. The summed E-state index contributed by atoms with van der Waals surface area (Å²) in [5.41, 5.74) is 2.58. The number of guanidine groups is 1. The van der Waals surface area contributed by atoms with Gasteiger partial charge >= 0.3 is 0 Å². The average Bonchev–Trinajstić information content (AvgIpc) is 3.01. The zero-order valence-electron chi connectivity index (χ0n) is 13.1. The van der Waals surface area contributed by atoms with Crippen LogP contribution in [0.25, 0.3) is 0 Å². The molecule has 0 atom stereocenters. The SMILES string of the molecule is CN=C(NCCCn1cccn1)NCc1ccccc1C.I. The molecule has 2 rings (SSSR count). The molecule has 0 unspecified atom stereocenters. The molecule has 0 aliphatic carbocycles. The van der Waals surface area contributed by atoms with Crippen molar-refractivity contribution < 1.29 is 0 Å². The van der Waals surface area contributed by atoms with Gasteiger partial charge < -0.3 is 10.6 Å². The van der Waals surface area contributed by atoms with Gasteiger partial charge in [0.1, 0.15) is 0 Å². The number of rotatable bonds is 6. The van der Waals surface area contributed by atoms with E-state index in [9.17, 15) is 0 Å². The first kappa shape index (κ1) is 18.5. The summed E-state index contributed by atoms with van der Waals surface area (Å²) in [6, 6.07) is 10.3. The fourth-order valence-electron chi connectivity index (χ4n) is 2.09. The highest BCUT2D eigenvalue weighted by molar-refractivity contribution is 14.0. The predicted molar refractivity (Wildman–Crippen MR) is 102 cm³/mol. The molecular formula is C16H24IN5. The summed E-state index contributed by atoms with van der Waals surface area (Å²) in [4.78, 5) is 4.24. The van der Waals surface area contributed by atoms with E-state index in [0.717, 1.165) is 32.0 Å². The van der Waals surface area contributed by atoms with Gasteiger partial charge in [-0.2, -0.15) is 5.10 Å². The quantitative estimate of drug-likeness (QED) is 0.331. The van der Waals surface area contributed by atoms with Gasteiger partial charge in [-0.3, -0.25) is 9.67 Å². The lowest BCUT2D eigenvalue weighted by atomic mass is 10.1. The molecule has 0 radical (unpaired) electrons. The molecule has 0 aliphatic rings. The second-order valence-electron chi connectivity index (χ2n) is 4.90. The zero-order chi connectivity index (χ0) is 14.9. The van der Waals surface area contributed by atoms with Crippen LogP contribution >= 0.6 is 24.0 Å². The zero-order valence-corrected chi connectivity index (χ0v) is 15.5. The molecular weight excluding hydrogens is 389 g/mol. The van der Waals surface area contributed by atoms with Crippen LogP contribution in [-0.4, -0.2) is 29.3 Å². The van der Waals surface area contributed by atoms with Crippen molar-refractivity contribution in [3.05, 3.63) is 53.9 Å². The van der Waals surface area contributed by atoms with Gasteiger partial charge in [-0.05, 0) is 30.5 Å². The van der Waals surface area contributed by atoms with Crippen molar-refractivity contribution >= 4 is 29.9 Å². The van der Waals surface area contributed by atoms with Crippen LogP contribution in [-0.2, 0) is 13.1 Å². The van der Waals surface area contributed by atoms with Gasteiger partial charge in [-0.1, -0.05) is 24.3 Å². The summed E-state index contributed by atoms with van der Waals surface area (Å²) in [7, 11) is 1.79. The molecule has 0 saturated carbocycles. The Kier molecular flexibility index (Phi) is 8.57. The smallest absolute Gasteiger partial charge is 0.191 e. The summed E-state index contributed by atoms with van der Waals surface area (Å²) in [6.45, 7) is 4.69. The van der Waals surface area contributed by atoms with Gasteiger partial charge in [-0.25, -0.2) is 0 Å². The first-order valence-electron chi connectivity index (χ1n) is 7.26. The minimum atomic E-state index is 0. The molecule has 0 bridgehead atoms. The number of benzene rings is 1. The summed E-state index contributed by atoms with van der Waals surface area (Å²) in [5, 5.41) is 10.8. The highest BCUT2D eigenvalue weighted by atomic mass is 127. The lowest BCUT2D eigenvalue weighted by Crippen LogP contribution is -2.37. The highest BCUT2D eigenvalue weighted by Crippen LogP contribution is 2.05. The normalized spacial score (nSPS) is 10.9. The van der Waals surface area contributed by atoms with Crippen molar-refractivity contribution in [3.63, 3.8) is 0 Å². The van der Waals surface area contributed by atoms with Crippen LogP contribution in [0.15, 0.2) is 47.7 Å². The Morgan fingerprint density at radius 2 is 2.05 bits per heavy atom. The molecule has 120 valence electrons. The van der Waals surface area contributed by atoms with E-state index in [1.165, 1.54) is 11.1 Å². The van der Waals surface area contributed by atoms with E-state index in [2.05, 4.69) is 51.9 Å². The maximum absolute atomic E-state index is 4.24.